The van der Waals surface area contributed by atoms with Crippen LogP contribution < -0.4 is 9.47 Å². The molecule has 2 aliphatic rings. The van der Waals surface area contributed by atoms with Crippen LogP contribution in [0.15, 0.2) is 46.8 Å². The summed E-state index contributed by atoms with van der Waals surface area (Å²) < 4.78 is 16.0. The number of esters is 1. The zero-order valence-electron chi connectivity index (χ0n) is 11.6. The van der Waals surface area contributed by atoms with Crippen molar-refractivity contribution in [3.63, 3.8) is 0 Å². The molecule has 0 amide bonds. The average Bonchev–Trinajstić information content (AvgIpc) is 3.16. The molecule has 0 N–H and O–H groups in total. The quantitative estimate of drug-likeness (QED) is 0.494. The zero-order valence-corrected chi connectivity index (χ0v) is 11.6. The van der Waals surface area contributed by atoms with E-state index in [9.17, 15) is 9.59 Å². The van der Waals surface area contributed by atoms with E-state index in [-0.39, 0.29) is 23.4 Å². The monoisotopic (exact) mass is 296 g/mol. The van der Waals surface area contributed by atoms with Crippen molar-refractivity contribution in [1.29, 1.82) is 0 Å². The van der Waals surface area contributed by atoms with Crippen LogP contribution in [0, 0.1) is 5.92 Å². The molecule has 5 heteroatoms. The Kier molecular flexibility index (Phi) is 2.85. The third-order valence-electron chi connectivity index (χ3n) is 3.59. The number of carbonyl (C=O) groups excluding carboxylic acids is 2. The number of ether oxygens (including phenoxy) is 2. The van der Waals surface area contributed by atoms with E-state index < -0.39 is 0 Å². The first-order valence-corrected chi connectivity index (χ1v) is 7.04. The second-order valence-corrected chi connectivity index (χ2v) is 5.31. The van der Waals surface area contributed by atoms with Gasteiger partial charge in [0.1, 0.15) is 17.3 Å². The van der Waals surface area contributed by atoms with Gasteiger partial charge in [-0.15, -0.1) is 0 Å². The molecular formula is C17H12O5. The lowest BCUT2D eigenvalue weighted by Gasteiger charge is -2.04. The normalized spacial score (nSPS) is 18.2. The predicted molar refractivity (Wildman–Crippen MR) is 76.4 cm³/mol. The van der Waals surface area contributed by atoms with Gasteiger partial charge < -0.3 is 13.9 Å². The second-order valence-electron chi connectivity index (χ2n) is 5.31. The SMILES string of the molecule is O=C1/C(=C\c2ccco2)Oc2cc(OC(=O)C3CC3)ccc21. The lowest BCUT2D eigenvalue weighted by atomic mass is 10.1. The van der Waals surface area contributed by atoms with E-state index in [1.807, 2.05) is 0 Å². The van der Waals surface area contributed by atoms with Crippen molar-refractivity contribution in [3.05, 3.63) is 53.7 Å². The van der Waals surface area contributed by atoms with Gasteiger partial charge >= 0.3 is 5.97 Å². The fourth-order valence-corrected chi connectivity index (χ4v) is 2.25. The third kappa shape index (κ3) is 2.30. The molecule has 1 fully saturated rings. The fourth-order valence-electron chi connectivity index (χ4n) is 2.25. The van der Waals surface area contributed by atoms with E-state index in [0.717, 1.165) is 12.8 Å². The summed E-state index contributed by atoms with van der Waals surface area (Å²) in [5.74, 6) is 1.09. The van der Waals surface area contributed by atoms with Crippen LogP contribution in [0.2, 0.25) is 0 Å². The maximum Gasteiger partial charge on any atom is 0.314 e. The van der Waals surface area contributed by atoms with Gasteiger partial charge in [-0.05, 0) is 37.1 Å². The Morgan fingerprint density at radius 2 is 2.14 bits per heavy atom. The summed E-state index contributed by atoms with van der Waals surface area (Å²) in [5.41, 5.74) is 0.448. The van der Waals surface area contributed by atoms with E-state index >= 15 is 0 Å². The standard InChI is InChI=1S/C17H12O5/c18-16-13-6-5-12(21-17(19)10-3-4-10)9-14(13)22-15(16)8-11-2-1-7-20-11/h1-2,5-10H,3-4H2/b15-8+. The Labute approximate surface area is 126 Å². The minimum absolute atomic E-state index is 0.0187. The molecule has 1 aromatic heterocycles. The topological polar surface area (TPSA) is 65.7 Å². The number of furan rings is 1. The molecule has 0 radical (unpaired) electrons. The molecule has 1 aliphatic carbocycles. The first kappa shape index (κ1) is 12.9. The smallest absolute Gasteiger partial charge is 0.314 e. The summed E-state index contributed by atoms with van der Waals surface area (Å²) in [6.07, 6.45) is 4.83. The Morgan fingerprint density at radius 1 is 1.27 bits per heavy atom. The molecule has 1 aliphatic heterocycles. The largest absolute Gasteiger partial charge is 0.465 e. The summed E-state index contributed by atoms with van der Waals surface area (Å²) in [7, 11) is 0. The van der Waals surface area contributed by atoms with Crippen molar-refractivity contribution >= 4 is 17.8 Å². The van der Waals surface area contributed by atoms with Gasteiger partial charge in [-0.1, -0.05) is 0 Å². The van der Waals surface area contributed by atoms with Crippen LogP contribution in [0.4, 0.5) is 0 Å². The Bertz CT molecular complexity index is 781. The number of benzene rings is 1. The molecule has 0 saturated heterocycles. The maximum atomic E-state index is 12.2. The van der Waals surface area contributed by atoms with Gasteiger partial charge in [0.05, 0.1) is 17.7 Å². The molecule has 2 aromatic rings. The Hall–Kier alpha value is -2.82. The molecule has 0 unspecified atom stereocenters. The predicted octanol–water partition coefficient (Wildman–Crippen LogP) is 3.21. The van der Waals surface area contributed by atoms with Crippen molar-refractivity contribution < 1.29 is 23.5 Å². The maximum absolute atomic E-state index is 12.2. The van der Waals surface area contributed by atoms with Gasteiger partial charge in [-0.2, -0.15) is 0 Å². The van der Waals surface area contributed by atoms with Crippen LogP contribution in [-0.2, 0) is 4.79 Å². The van der Waals surface area contributed by atoms with Gasteiger partial charge in [0.15, 0.2) is 5.76 Å². The van der Waals surface area contributed by atoms with Crippen molar-refractivity contribution in [1.82, 2.24) is 0 Å². The molecule has 1 saturated carbocycles. The molecule has 5 nitrogen and oxygen atoms in total. The van der Waals surface area contributed by atoms with Crippen molar-refractivity contribution in [2.45, 2.75) is 12.8 Å². The first-order valence-electron chi connectivity index (χ1n) is 7.04. The molecular weight excluding hydrogens is 284 g/mol. The lowest BCUT2D eigenvalue weighted by Crippen LogP contribution is -2.09. The van der Waals surface area contributed by atoms with E-state index in [4.69, 9.17) is 13.9 Å². The highest BCUT2D eigenvalue weighted by Gasteiger charge is 2.32. The van der Waals surface area contributed by atoms with Gasteiger partial charge in [-0.3, -0.25) is 9.59 Å². The summed E-state index contributed by atoms with van der Waals surface area (Å²) in [6, 6.07) is 8.24. The number of rotatable bonds is 3. The van der Waals surface area contributed by atoms with Crippen LogP contribution >= 0.6 is 0 Å². The molecule has 0 atom stereocenters. The van der Waals surface area contributed by atoms with Gasteiger partial charge in [0.2, 0.25) is 5.78 Å². The van der Waals surface area contributed by atoms with Crippen molar-refractivity contribution in [3.8, 4) is 11.5 Å². The van der Waals surface area contributed by atoms with Gasteiger partial charge in [0, 0.05) is 12.1 Å². The highest BCUT2D eigenvalue weighted by atomic mass is 16.5. The molecule has 0 bridgehead atoms. The number of ketones is 1. The summed E-state index contributed by atoms with van der Waals surface area (Å²) in [4.78, 5) is 23.9. The second kappa shape index (κ2) is 4.87. The van der Waals surface area contributed by atoms with E-state index in [2.05, 4.69) is 0 Å². The number of carbonyl (C=O) groups is 2. The Balaban J connectivity index is 1.58. The summed E-state index contributed by atoms with van der Waals surface area (Å²) >= 11 is 0. The molecule has 1 aromatic carbocycles. The lowest BCUT2D eigenvalue weighted by molar-refractivity contribution is -0.135. The van der Waals surface area contributed by atoms with E-state index in [1.165, 1.54) is 12.3 Å². The summed E-state index contributed by atoms with van der Waals surface area (Å²) in [5, 5.41) is 0. The van der Waals surface area contributed by atoms with Crippen LogP contribution in [-0.4, -0.2) is 11.8 Å². The van der Waals surface area contributed by atoms with Crippen LogP contribution in [0.5, 0.6) is 11.5 Å². The number of Topliss-reactive ketones (excluding diaryl/α,β-unsaturated/α-hetero) is 1. The van der Waals surface area contributed by atoms with E-state index in [1.54, 1.807) is 30.3 Å². The minimum atomic E-state index is -0.226. The number of allylic oxidation sites excluding steroid dienone is 1. The molecule has 4 rings (SSSR count). The average molecular weight is 296 g/mol. The fraction of sp³-hybridized carbons (Fsp3) is 0.176. The number of fused-ring (bicyclic) bond motifs is 1. The van der Waals surface area contributed by atoms with Crippen LogP contribution in [0.1, 0.15) is 29.0 Å². The minimum Gasteiger partial charge on any atom is -0.465 e. The van der Waals surface area contributed by atoms with Crippen LogP contribution in [0.25, 0.3) is 6.08 Å². The highest BCUT2D eigenvalue weighted by molar-refractivity contribution is 6.14. The first-order chi connectivity index (χ1) is 10.7. The van der Waals surface area contributed by atoms with Crippen molar-refractivity contribution in [2.75, 3.05) is 0 Å². The van der Waals surface area contributed by atoms with Gasteiger partial charge in [-0.25, -0.2) is 0 Å². The Morgan fingerprint density at radius 3 is 2.86 bits per heavy atom. The number of hydrogen-bond donors (Lipinski definition) is 0. The van der Waals surface area contributed by atoms with Crippen LogP contribution in [0.3, 0.4) is 0 Å². The molecule has 110 valence electrons. The zero-order chi connectivity index (χ0) is 15.1. The van der Waals surface area contributed by atoms with Crippen molar-refractivity contribution in [2.24, 2.45) is 5.92 Å². The van der Waals surface area contributed by atoms with E-state index in [0.29, 0.717) is 22.8 Å². The highest BCUT2D eigenvalue weighted by Crippen LogP contribution is 2.36. The molecule has 2 heterocycles. The third-order valence-corrected chi connectivity index (χ3v) is 3.59. The van der Waals surface area contributed by atoms with Gasteiger partial charge in [0.25, 0.3) is 0 Å². The molecule has 0 spiro atoms. The molecule has 22 heavy (non-hydrogen) atoms. The number of hydrogen-bond acceptors (Lipinski definition) is 5. The summed E-state index contributed by atoms with van der Waals surface area (Å²) in [6.45, 7) is 0.